The number of halogens is 2. The fourth-order valence-corrected chi connectivity index (χ4v) is 1.78. The Hall–Kier alpha value is -0.410. The van der Waals surface area contributed by atoms with E-state index in [1.165, 1.54) is 0 Å². The maximum absolute atomic E-state index is 13.7. The third-order valence-corrected chi connectivity index (χ3v) is 3.46. The van der Waals surface area contributed by atoms with Gasteiger partial charge in [-0.1, -0.05) is 32.9 Å². The highest BCUT2D eigenvalue weighted by Crippen LogP contribution is 2.31. The highest BCUT2D eigenvalue weighted by molar-refractivity contribution is 9.10. The number of rotatable bonds is 3. The van der Waals surface area contributed by atoms with Gasteiger partial charge in [0.15, 0.2) is 0 Å². The molecule has 0 aliphatic carbocycles. The minimum absolute atomic E-state index is 0.0359. The van der Waals surface area contributed by atoms with Crippen LogP contribution in [0.15, 0.2) is 22.7 Å². The zero-order chi connectivity index (χ0) is 11.6. The van der Waals surface area contributed by atoms with Gasteiger partial charge in [-0.15, -0.1) is 0 Å². The van der Waals surface area contributed by atoms with Crippen LogP contribution in [0.4, 0.5) is 4.39 Å². The molecule has 1 aromatic carbocycles. The van der Waals surface area contributed by atoms with E-state index >= 15 is 0 Å². The van der Waals surface area contributed by atoms with E-state index in [-0.39, 0.29) is 11.7 Å². The van der Waals surface area contributed by atoms with Gasteiger partial charge in [-0.05, 0) is 33.8 Å². The molecule has 0 aromatic heterocycles. The molecule has 0 aliphatic rings. The lowest BCUT2D eigenvalue weighted by atomic mass is 9.88. The average Bonchev–Trinajstić information content (AvgIpc) is 2.20. The van der Waals surface area contributed by atoms with Crippen LogP contribution in [0.5, 0.6) is 0 Å². The van der Waals surface area contributed by atoms with Crippen LogP contribution in [0.2, 0.25) is 0 Å². The molecular formula is C12H16BrFO. The second-order valence-electron chi connectivity index (χ2n) is 4.19. The van der Waals surface area contributed by atoms with Gasteiger partial charge in [0, 0.05) is 5.56 Å². The molecule has 2 unspecified atom stereocenters. The van der Waals surface area contributed by atoms with E-state index in [9.17, 15) is 9.50 Å². The van der Waals surface area contributed by atoms with Crippen LogP contribution in [0.25, 0.3) is 0 Å². The molecule has 84 valence electrons. The van der Waals surface area contributed by atoms with Crippen molar-refractivity contribution in [1.29, 1.82) is 0 Å². The van der Waals surface area contributed by atoms with Gasteiger partial charge in [0.25, 0.3) is 0 Å². The fraction of sp³-hybridized carbons (Fsp3) is 0.500. The van der Waals surface area contributed by atoms with Crippen molar-refractivity contribution in [3.8, 4) is 0 Å². The lowest BCUT2D eigenvalue weighted by Crippen LogP contribution is -2.16. The van der Waals surface area contributed by atoms with E-state index in [2.05, 4.69) is 15.9 Å². The van der Waals surface area contributed by atoms with Gasteiger partial charge in [0.05, 0.1) is 10.6 Å². The van der Waals surface area contributed by atoms with Crippen molar-refractivity contribution < 1.29 is 9.50 Å². The smallest absolute Gasteiger partial charge is 0.143 e. The molecule has 0 bridgehead atoms. The highest BCUT2D eigenvalue weighted by atomic mass is 79.9. The van der Waals surface area contributed by atoms with Crippen LogP contribution < -0.4 is 0 Å². The van der Waals surface area contributed by atoms with Crippen molar-refractivity contribution in [2.24, 2.45) is 11.8 Å². The first kappa shape index (κ1) is 12.7. The standard InChI is InChI=1S/C12H16BrFO/c1-7(2)8(3)12(15)9-5-4-6-10(13)11(9)14/h4-8,12,15H,1-3H3. The van der Waals surface area contributed by atoms with E-state index in [1.54, 1.807) is 18.2 Å². The number of benzene rings is 1. The first-order valence-corrected chi connectivity index (χ1v) is 5.86. The van der Waals surface area contributed by atoms with Gasteiger partial charge in [-0.25, -0.2) is 4.39 Å². The van der Waals surface area contributed by atoms with Crippen LogP contribution in [0, 0.1) is 17.7 Å². The molecule has 0 spiro atoms. The maximum Gasteiger partial charge on any atom is 0.143 e. The van der Waals surface area contributed by atoms with Gasteiger partial charge >= 0.3 is 0 Å². The predicted molar refractivity (Wildman–Crippen MR) is 63.1 cm³/mol. The number of hydrogen-bond acceptors (Lipinski definition) is 1. The van der Waals surface area contributed by atoms with Crippen molar-refractivity contribution in [3.63, 3.8) is 0 Å². The third kappa shape index (κ3) is 2.79. The number of hydrogen-bond donors (Lipinski definition) is 1. The summed E-state index contributed by atoms with van der Waals surface area (Å²) in [5.74, 6) is -0.00955. The van der Waals surface area contributed by atoms with Crippen molar-refractivity contribution in [2.75, 3.05) is 0 Å². The molecule has 0 saturated carbocycles. The Labute approximate surface area is 98.4 Å². The summed E-state index contributed by atoms with van der Waals surface area (Å²) in [6, 6.07) is 4.99. The summed E-state index contributed by atoms with van der Waals surface area (Å²) in [6.07, 6.45) is -0.748. The van der Waals surface area contributed by atoms with Crippen molar-refractivity contribution in [3.05, 3.63) is 34.1 Å². The summed E-state index contributed by atoms with van der Waals surface area (Å²) >= 11 is 3.11. The van der Waals surface area contributed by atoms with Gasteiger partial charge < -0.3 is 5.11 Å². The molecule has 1 rings (SSSR count). The molecule has 0 fully saturated rings. The third-order valence-electron chi connectivity index (χ3n) is 2.85. The largest absolute Gasteiger partial charge is 0.388 e. The average molecular weight is 275 g/mol. The second-order valence-corrected chi connectivity index (χ2v) is 5.05. The zero-order valence-electron chi connectivity index (χ0n) is 9.17. The summed E-state index contributed by atoms with van der Waals surface area (Å²) < 4.78 is 14.1. The Bertz CT molecular complexity index is 338. The molecule has 1 aromatic rings. The van der Waals surface area contributed by atoms with Gasteiger partial charge in [-0.2, -0.15) is 0 Å². The highest BCUT2D eigenvalue weighted by Gasteiger charge is 2.22. The first-order valence-electron chi connectivity index (χ1n) is 5.07. The fourth-order valence-electron chi connectivity index (χ4n) is 1.40. The second kappa shape index (κ2) is 5.08. The lowest BCUT2D eigenvalue weighted by molar-refractivity contribution is 0.0886. The molecule has 3 heteroatoms. The monoisotopic (exact) mass is 274 g/mol. The van der Waals surface area contributed by atoms with E-state index in [0.717, 1.165) is 0 Å². The van der Waals surface area contributed by atoms with Gasteiger partial charge in [0.1, 0.15) is 5.82 Å². The molecule has 2 atom stereocenters. The Morgan fingerprint density at radius 2 is 1.87 bits per heavy atom. The molecule has 1 N–H and O–H groups in total. The van der Waals surface area contributed by atoms with Crippen molar-refractivity contribution >= 4 is 15.9 Å². The molecule has 0 amide bonds. The van der Waals surface area contributed by atoms with E-state index in [1.807, 2.05) is 20.8 Å². The molecular weight excluding hydrogens is 259 g/mol. The zero-order valence-corrected chi connectivity index (χ0v) is 10.8. The Morgan fingerprint density at radius 3 is 2.40 bits per heavy atom. The maximum atomic E-state index is 13.7. The van der Waals surface area contributed by atoms with Crippen LogP contribution in [0.3, 0.4) is 0 Å². The van der Waals surface area contributed by atoms with E-state index < -0.39 is 6.10 Å². The molecule has 0 aliphatic heterocycles. The Kier molecular flexibility index (Phi) is 4.29. The minimum atomic E-state index is -0.748. The normalized spacial score (nSPS) is 15.4. The Balaban J connectivity index is 3.01. The molecule has 0 radical (unpaired) electrons. The van der Waals surface area contributed by atoms with Crippen molar-refractivity contribution in [2.45, 2.75) is 26.9 Å². The summed E-state index contributed by atoms with van der Waals surface area (Å²) in [7, 11) is 0. The molecule has 15 heavy (non-hydrogen) atoms. The van der Waals surface area contributed by atoms with Crippen LogP contribution in [0.1, 0.15) is 32.4 Å². The quantitative estimate of drug-likeness (QED) is 0.886. The lowest BCUT2D eigenvalue weighted by Gasteiger charge is -2.23. The summed E-state index contributed by atoms with van der Waals surface area (Å²) in [5.41, 5.74) is 0.366. The SMILES string of the molecule is CC(C)C(C)C(O)c1cccc(Br)c1F. The Morgan fingerprint density at radius 1 is 1.27 bits per heavy atom. The molecule has 1 nitrogen and oxygen atoms in total. The minimum Gasteiger partial charge on any atom is -0.388 e. The number of aliphatic hydroxyl groups is 1. The van der Waals surface area contributed by atoms with E-state index in [0.29, 0.717) is 16.0 Å². The van der Waals surface area contributed by atoms with Crippen LogP contribution in [-0.2, 0) is 0 Å². The first-order chi connectivity index (χ1) is 6.95. The van der Waals surface area contributed by atoms with Gasteiger partial charge in [-0.3, -0.25) is 0 Å². The summed E-state index contributed by atoms with van der Waals surface area (Å²) in [4.78, 5) is 0. The number of aliphatic hydroxyl groups excluding tert-OH is 1. The van der Waals surface area contributed by atoms with Crippen LogP contribution >= 0.6 is 15.9 Å². The summed E-state index contributed by atoms with van der Waals surface area (Å²) in [5, 5.41) is 10.0. The van der Waals surface area contributed by atoms with Crippen molar-refractivity contribution in [1.82, 2.24) is 0 Å². The summed E-state index contributed by atoms with van der Waals surface area (Å²) in [6.45, 7) is 5.96. The predicted octanol–water partition coefficient (Wildman–Crippen LogP) is 3.91. The molecule has 0 saturated heterocycles. The van der Waals surface area contributed by atoms with Crippen LogP contribution in [-0.4, -0.2) is 5.11 Å². The topological polar surface area (TPSA) is 20.2 Å². The molecule has 0 heterocycles. The van der Waals surface area contributed by atoms with E-state index in [4.69, 9.17) is 0 Å². The van der Waals surface area contributed by atoms with Gasteiger partial charge in [0.2, 0.25) is 0 Å².